The maximum absolute atomic E-state index is 6.84. The van der Waals surface area contributed by atoms with Gasteiger partial charge in [-0.1, -0.05) is 376 Å². The van der Waals surface area contributed by atoms with Gasteiger partial charge in [-0.15, -0.1) is 0 Å². The molecule has 0 N–H and O–H groups in total. The first-order valence-electron chi connectivity index (χ1n) is 45.6. The smallest absolute Gasteiger partial charge is 0.399 e. The summed E-state index contributed by atoms with van der Waals surface area (Å²) in [6.07, 6.45) is 50.3. The van der Waals surface area contributed by atoms with Crippen LogP contribution >= 0.6 is 0 Å². The molecule has 580 valence electrons. The predicted octanol–water partition coefficient (Wildman–Crippen LogP) is 31.8. The van der Waals surface area contributed by atoms with Crippen LogP contribution in [0.15, 0.2) is 152 Å². The SMILES string of the molecule is CCCCCCC1(CCCCCC)c2ccccc2-c2ccc(-c3ccc4c(c3)C(CCCCCC)(CCCCCC)c3cc(-c5ccc6c(c5)C(CCCCCC)(CCCCCC)c5cc(-c7ccc8c(c7)C(CCCCCC)(CCCCCC)c7cc(B9OC(C)(C)C(C)(C)O9)ccc7-8)ccc5-6)ccc3-4)cc21. The van der Waals surface area contributed by atoms with Gasteiger partial charge >= 0.3 is 7.12 Å². The zero-order valence-electron chi connectivity index (χ0n) is 70.6. The number of hydrogen-bond acceptors (Lipinski definition) is 2. The molecule has 5 aliphatic rings. The second kappa shape index (κ2) is 36.3. The van der Waals surface area contributed by atoms with Gasteiger partial charge in [0.25, 0.3) is 0 Å². The summed E-state index contributed by atoms with van der Waals surface area (Å²) in [7, 11) is -0.392. The lowest BCUT2D eigenvalue weighted by atomic mass is 9.68. The number of rotatable bonds is 44. The summed E-state index contributed by atoms with van der Waals surface area (Å²) in [6.45, 7) is 27.8. The molecule has 0 amide bonds. The maximum atomic E-state index is 6.84. The topological polar surface area (TPSA) is 18.5 Å². The molecule has 1 fully saturated rings. The first-order valence-corrected chi connectivity index (χ1v) is 45.6. The molecule has 0 aromatic heterocycles. The first kappa shape index (κ1) is 80.8. The van der Waals surface area contributed by atoms with Crippen LogP contribution in [-0.4, -0.2) is 18.3 Å². The van der Waals surface area contributed by atoms with E-state index in [4.69, 9.17) is 9.31 Å². The average molecular weight is 1460 g/mol. The normalized spacial score (nSPS) is 16.4. The number of hydrogen-bond donors (Lipinski definition) is 0. The molecule has 109 heavy (non-hydrogen) atoms. The fraction of sp³-hybridized carbons (Fsp3) is 0.547. The van der Waals surface area contributed by atoms with Crippen LogP contribution in [0, 0.1) is 0 Å². The Morgan fingerprint density at radius 1 is 0.211 bits per heavy atom. The van der Waals surface area contributed by atoms with Gasteiger partial charge in [0, 0.05) is 21.7 Å². The fourth-order valence-corrected chi connectivity index (χ4v) is 21.6. The third-order valence-electron chi connectivity index (χ3n) is 28.6. The molecule has 0 bridgehead atoms. The van der Waals surface area contributed by atoms with Crippen molar-refractivity contribution in [2.45, 2.75) is 373 Å². The van der Waals surface area contributed by atoms with Crippen molar-refractivity contribution in [3.8, 4) is 77.9 Å². The minimum absolute atomic E-state index is 0.0533. The molecule has 2 nitrogen and oxygen atoms in total. The third kappa shape index (κ3) is 16.1. The molecule has 1 heterocycles. The Bertz CT molecular complexity index is 4280. The Kier molecular flexibility index (Phi) is 26.9. The highest BCUT2D eigenvalue weighted by atomic mass is 16.7. The highest BCUT2D eigenvalue weighted by Gasteiger charge is 2.53. The summed E-state index contributed by atoms with van der Waals surface area (Å²) in [5.74, 6) is 0. The van der Waals surface area contributed by atoms with E-state index in [9.17, 15) is 0 Å². The Hall–Kier alpha value is -6.26. The lowest BCUT2D eigenvalue weighted by Gasteiger charge is -2.34. The molecule has 1 aliphatic heterocycles. The van der Waals surface area contributed by atoms with Gasteiger partial charge in [0.05, 0.1) is 11.2 Å². The summed E-state index contributed by atoms with van der Waals surface area (Å²) in [6, 6.07) is 63.9. The highest BCUT2D eigenvalue weighted by Crippen LogP contribution is 2.62. The van der Waals surface area contributed by atoms with Crippen molar-refractivity contribution in [2.75, 3.05) is 0 Å². The van der Waals surface area contributed by atoms with Gasteiger partial charge in [0.1, 0.15) is 0 Å². The predicted molar refractivity (Wildman–Crippen MR) is 473 cm³/mol. The van der Waals surface area contributed by atoms with Gasteiger partial charge in [-0.3, -0.25) is 0 Å². The van der Waals surface area contributed by atoms with Crippen molar-refractivity contribution in [1.29, 1.82) is 0 Å². The van der Waals surface area contributed by atoms with Crippen LogP contribution in [0.25, 0.3) is 77.9 Å². The van der Waals surface area contributed by atoms with E-state index in [1.54, 1.807) is 38.9 Å². The Morgan fingerprint density at radius 2 is 0.413 bits per heavy atom. The van der Waals surface area contributed by atoms with E-state index in [1.165, 1.54) is 327 Å². The summed E-state index contributed by atoms with van der Waals surface area (Å²) in [4.78, 5) is 0. The molecular formula is C106H141BO2. The molecule has 0 saturated carbocycles. The Morgan fingerprint density at radius 3 is 0.651 bits per heavy atom. The van der Waals surface area contributed by atoms with E-state index >= 15 is 0 Å². The van der Waals surface area contributed by atoms with Crippen LogP contribution in [0.4, 0.5) is 0 Å². The third-order valence-corrected chi connectivity index (χ3v) is 28.6. The Balaban J connectivity index is 0.910. The van der Waals surface area contributed by atoms with Gasteiger partial charge in [0.15, 0.2) is 0 Å². The molecule has 1 saturated heterocycles. The second-order valence-electron chi connectivity index (χ2n) is 36.3. The molecule has 8 aromatic carbocycles. The van der Waals surface area contributed by atoms with Crippen molar-refractivity contribution in [2.24, 2.45) is 0 Å². The molecule has 8 aromatic rings. The molecule has 0 spiro atoms. The van der Waals surface area contributed by atoms with E-state index in [0.717, 1.165) is 18.3 Å². The summed E-state index contributed by atoms with van der Waals surface area (Å²) in [5.41, 5.74) is 32.8. The van der Waals surface area contributed by atoms with Crippen molar-refractivity contribution in [3.05, 3.63) is 196 Å². The molecular weight excluding hydrogens is 1320 g/mol. The lowest BCUT2D eigenvalue weighted by Crippen LogP contribution is -2.41. The van der Waals surface area contributed by atoms with E-state index in [0.29, 0.717) is 0 Å². The number of benzene rings is 8. The zero-order chi connectivity index (χ0) is 76.2. The zero-order valence-corrected chi connectivity index (χ0v) is 70.6. The van der Waals surface area contributed by atoms with E-state index in [-0.39, 0.29) is 21.7 Å². The second-order valence-corrected chi connectivity index (χ2v) is 36.3. The molecule has 3 heteroatoms. The van der Waals surface area contributed by atoms with Gasteiger partial charge in [-0.05, 0) is 243 Å². The van der Waals surface area contributed by atoms with Crippen molar-refractivity contribution in [1.82, 2.24) is 0 Å². The minimum Gasteiger partial charge on any atom is -0.399 e. The molecule has 13 rings (SSSR count). The summed E-state index contributed by atoms with van der Waals surface area (Å²) in [5, 5.41) is 0. The van der Waals surface area contributed by atoms with Gasteiger partial charge in [0.2, 0.25) is 0 Å². The summed E-state index contributed by atoms with van der Waals surface area (Å²) >= 11 is 0. The Labute approximate surface area is 664 Å². The van der Waals surface area contributed by atoms with Crippen LogP contribution in [0.2, 0.25) is 0 Å². The fourth-order valence-electron chi connectivity index (χ4n) is 21.6. The van der Waals surface area contributed by atoms with Crippen molar-refractivity contribution < 1.29 is 9.31 Å². The molecule has 4 aliphatic carbocycles. The van der Waals surface area contributed by atoms with Gasteiger partial charge < -0.3 is 9.31 Å². The summed E-state index contributed by atoms with van der Waals surface area (Å²) < 4.78 is 13.7. The van der Waals surface area contributed by atoms with Crippen molar-refractivity contribution in [3.63, 3.8) is 0 Å². The molecule has 0 atom stereocenters. The number of unbranched alkanes of at least 4 members (excludes halogenated alkanes) is 24. The van der Waals surface area contributed by atoms with Crippen LogP contribution in [-0.2, 0) is 31.0 Å². The van der Waals surface area contributed by atoms with E-state index in [2.05, 4.69) is 235 Å². The van der Waals surface area contributed by atoms with Crippen LogP contribution < -0.4 is 5.46 Å². The van der Waals surface area contributed by atoms with Gasteiger partial charge in [-0.2, -0.15) is 0 Å². The molecule has 0 unspecified atom stereocenters. The first-order chi connectivity index (χ1) is 53.1. The monoisotopic (exact) mass is 1460 g/mol. The highest BCUT2D eigenvalue weighted by molar-refractivity contribution is 6.62. The number of fused-ring (bicyclic) bond motifs is 12. The maximum Gasteiger partial charge on any atom is 0.494 e. The average Bonchev–Trinajstić information content (AvgIpc) is 1.57. The van der Waals surface area contributed by atoms with Crippen LogP contribution in [0.5, 0.6) is 0 Å². The largest absolute Gasteiger partial charge is 0.494 e. The van der Waals surface area contributed by atoms with E-state index < -0.39 is 18.3 Å². The quantitative estimate of drug-likeness (QED) is 0.0280. The van der Waals surface area contributed by atoms with Crippen LogP contribution in [0.1, 0.15) is 384 Å². The van der Waals surface area contributed by atoms with E-state index in [1.807, 2.05) is 0 Å². The van der Waals surface area contributed by atoms with Crippen LogP contribution in [0.3, 0.4) is 0 Å². The molecule has 0 radical (unpaired) electrons. The van der Waals surface area contributed by atoms with Gasteiger partial charge in [-0.25, -0.2) is 0 Å². The standard InChI is InChI=1S/C106H141BO2/c1-13-21-29-39-63-103(64-40-30-22-14-2)93-48-38-37-47-85(93)86-56-49-78(71-94(86)103)79-50-57-87-88-58-51-80(73-96(88)104(95(87)72-79,65-41-31-23-15-3)66-42-32-24-16-4)81-52-59-89-90-60-53-82(75-98(90)105(97(89)74-81,67-43-33-25-17-5)68-44-34-26-18-6)83-54-61-91-92-62-55-84(107-108-101(9,10)102(11,12)109-107)77-100(92)106(99(91)76-83,69-45-35-27-19-7)70-46-36-28-20-8/h37-38,47-62,71-77H,13-36,39-46,63-70H2,1-12H3. The van der Waals surface area contributed by atoms with Crippen molar-refractivity contribution >= 4 is 12.6 Å². The lowest BCUT2D eigenvalue weighted by molar-refractivity contribution is 0.00578. The minimum atomic E-state index is -0.404.